The minimum absolute atomic E-state index is 0. The van der Waals surface area contributed by atoms with Crippen molar-refractivity contribution < 1.29 is 20.5 Å². The molecule has 0 radical (unpaired) electrons. The SMILES string of the molecule is C=CCOC(=O)/C(C#N)=c1\s/c(=C/C=Cc2c(C)[nH]c(C)c2C(=O)OC)c(=O)n1CC.[HH]. The third-order valence-corrected chi connectivity index (χ3v) is 5.56. The quantitative estimate of drug-likeness (QED) is 0.516. The molecule has 2 heterocycles. The number of aromatic amines is 1. The summed E-state index contributed by atoms with van der Waals surface area (Å²) in [5.41, 5.74) is 1.98. The number of esters is 2. The lowest BCUT2D eigenvalue weighted by molar-refractivity contribution is -0.135. The van der Waals surface area contributed by atoms with Crippen molar-refractivity contribution in [3.05, 3.63) is 60.8 Å². The van der Waals surface area contributed by atoms with E-state index in [4.69, 9.17) is 9.47 Å². The van der Waals surface area contributed by atoms with Crippen molar-refractivity contribution in [3.63, 3.8) is 0 Å². The molecule has 0 amide bonds. The van der Waals surface area contributed by atoms with E-state index in [2.05, 4.69) is 11.6 Å². The first-order valence-corrected chi connectivity index (χ1v) is 10.2. The van der Waals surface area contributed by atoms with Crippen molar-refractivity contribution in [1.29, 1.82) is 5.26 Å². The van der Waals surface area contributed by atoms with Crippen molar-refractivity contribution in [2.24, 2.45) is 0 Å². The Morgan fingerprint density at radius 2 is 2.06 bits per heavy atom. The van der Waals surface area contributed by atoms with E-state index >= 15 is 0 Å². The number of hydrogen-bond donors (Lipinski definition) is 1. The van der Waals surface area contributed by atoms with Gasteiger partial charge >= 0.3 is 11.9 Å². The first-order valence-electron chi connectivity index (χ1n) is 9.38. The summed E-state index contributed by atoms with van der Waals surface area (Å²) in [5.74, 6) is -1.27. The Hall–Kier alpha value is -3.64. The second kappa shape index (κ2) is 10.4. The van der Waals surface area contributed by atoms with Gasteiger partial charge in [0.2, 0.25) is 0 Å². The highest BCUT2D eigenvalue weighted by Crippen LogP contribution is 2.20. The minimum atomic E-state index is -0.811. The van der Waals surface area contributed by atoms with Gasteiger partial charge in [-0.3, -0.25) is 9.36 Å². The first-order chi connectivity index (χ1) is 14.8. The molecule has 1 N–H and O–H groups in total. The van der Waals surface area contributed by atoms with Crippen LogP contribution >= 0.6 is 11.3 Å². The number of methoxy groups -OCH3 is 1. The monoisotopic (exact) mass is 443 g/mol. The molecule has 2 rings (SSSR count). The molecule has 31 heavy (non-hydrogen) atoms. The highest BCUT2D eigenvalue weighted by atomic mass is 32.1. The number of nitrogens with one attached hydrogen (secondary N) is 1. The number of hydrogen-bond acceptors (Lipinski definition) is 7. The van der Waals surface area contributed by atoms with Crippen molar-refractivity contribution in [2.75, 3.05) is 13.7 Å². The fourth-order valence-corrected chi connectivity index (χ4v) is 4.11. The Kier molecular flexibility index (Phi) is 7.94. The van der Waals surface area contributed by atoms with Crippen molar-refractivity contribution >= 4 is 41.0 Å². The smallest absolute Gasteiger partial charge is 0.352 e. The third-order valence-electron chi connectivity index (χ3n) is 4.41. The maximum Gasteiger partial charge on any atom is 0.352 e. The lowest BCUT2D eigenvalue weighted by Crippen LogP contribution is -2.32. The molecule has 0 aliphatic rings. The molecule has 2 aromatic heterocycles. The molecule has 0 saturated heterocycles. The van der Waals surface area contributed by atoms with E-state index in [-0.39, 0.29) is 30.4 Å². The number of carbonyl (C=O) groups excluding carboxylic acids is 2. The van der Waals surface area contributed by atoms with Gasteiger partial charge in [-0.2, -0.15) is 5.26 Å². The van der Waals surface area contributed by atoms with Gasteiger partial charge in [-0.1, -0.05) is 24.8 Å². The fraction of sp³-hybridized carbons (Fsp3) is 0.273. The van der Waals surface area contributed by atoms with Crippen LogP contribution in [0.5, 0.6) is 0 Å². The normalized spacial score (nSPS) is 12.5. The van der Waals surface area contributed by atoms with Crippen LogP contribution < -0.4 is 14.8 Å². The number of ether oxygens (including phenoxy) is 2. The van der Waals surface area contributed by atoms with Gasteiger partial charge in [-0.15, -0.1) is 11.3 Å². The first kappa shape index (κ1) is 23.6. The van der Waals surface area contributed by atoms with Gasteiger partial charge in [0, 0.05) is 24.9 Å². The number of H-pyrrole nitrogens is 1. The summed E-state index contributed by atoms with van der Waals surface area (Å²) in [6.45, 7) is 9.06. The van der Waals surface area contributed by atoms with Crippen LogP contribution in [0.15, 0.2) is 23.5 Å². The summed E-state index contributed by atoms with van der Waals surface area (Å²) in [4.78, 5) is 40.1. The molecule has 9 heteroatoms. The zero-order chi connectivity index (χ0) is 23.1. The Morgan fingerprint density at radius 1 is 1.35 bits per heavy atom. The number of nitriles is 1. The van der Waals surface area contributed by atoms with Gasteiger partial charge < -0.3 is 14.5 Å². The molecule has 0 unspecified atom stereocenters. The summed E-state index contributed by atoms with van der Waals surface area (Å²) in [6.07, 6.45) is 6.32. The molecule has 0 aliphatic heterocycles. The summed E-state index contributed by atoms with van der Waals surface area (Å²) < 4.78 is 11.7. The fourth-order valence-electron chi connectivity index (χ4n) is 3.00. The third kappa shape index (κ3) is 4.92. The van der Waals surface area contributed by atoms with E-state index in [0.717, 1.165) is 17.0 Å². The number of rotatable bonds is 7. The van der Waals surface area contributed by atoms with E-state index in [1.54, 1.807) is 32.1 Å². The maximum atomic E-state index is 12.7. The molecule has 0 atom stereocenters. The molecule has 164 valence electrons. The van der Waals surface area contributed by atoms with E-state index in [0.29, 0.717) is 21.4 Å². The number of nitrogens with zero attached hydrogens (tertiary/aromatic N) is 2. The van der Waals surface area contributed by atoms with E-state index < -0.39 is 11.9 Å². The molecule has 0 aliphatic carbocycles. The van der Waals surface area contributed by atoms with Gasteiger partial charge in [0.1, 0.15) is 17.3 Å². The van der Waals surface area contributed by atoms with Crippen molar-refractivity contribution in [2.45, 2.75) is 27.3 Å². The molecule has 0 saturated carbocycles. The van der Waals surface area contributed by atoms with Crippen LogP contribution in [0, 0.1) is 25.2 Å². The number of aromatic nitrogens is 2. The van der Waals surface area contributed by atoms with Crippen LogP contribution in [0.4, 0.5) is 0 Å². The number of thiazole rings is 1. The summed E-state index contributed by atoms with van der Waals surface area (Å²) in [5, 5.41) is 9.44. The number of aryl methyl sites for hydroxylation is 2. The van der Waals surface area contributed by atoms with Crippen LogP contribution in [0.25, 0.3) is 17.7 Å². The van der Waals surface area contributed by atoms with Crippen molar-refractivity contribution in [3.8, 4) is 6.07 Å². The highest BCUT2D eigenvalue weighted by molar-refractivity contribution is 7.07. The molecule has 0 bridgehead atoms. The molecule has 0 spiro atoms. The summed E-state index contributed by atoms with van der Waals surface area (Å²) in [7, 11) is 1.31. The largest absolute Gasteiger partial charge is 0.465 e. The summed E-state index contributed by atoms with van der Waals surface area (Å²) >= 11 is 1.02. The molecular formula is C22H25N3O5S. The van der Waals surface area contributed by atoms with E-state index in [1.807, 2.05) is 13.0 Å². The standard InChI is InChI=1S/C22H23N3O5S.H2/c1-6-11-30-21(27)16(12-23)20-25(7-2)19(26)17(31-20)10-8-9-15-13(3)24-14(4)18(15)22(28)29-5;/h6,8-10,24H,1,7,11H2,2-5H3;1H/b9-8?,17-10+,20-16-;. The molecule has 0 aromatic carbocycles. The Morgan fingerprint density at radius 3 is 2.65 bits per heavy atom. The van der Waals surface area contributed by atoms with Crippen LogP contribution in [-0.2, 0) is 20.8 Å². The average Bonchev–Trinajstić information content (AvgIpc) is 3.21. The molecule has 2 aromatic rings. The second-order valence-corrected chi connectivity index (χ2v) is 7.41. The van der Waals surface area contributed by atoms with Gasteiger partial charge in [0.15, 0.2) is 5.57 Å². The van der Waals surface area contributed by atoms with Gasteiger partial charge in [-0.05, 0) is 26.8 Å². The van der Waals surface area contributed by atoms with Gasteiger partial charge in [0.25, 0.3) is 5.56 Å². The topological polar surface area (TPSA) is 114 Å². The summed E-state index contributed by atoms with van der Waals surface area (Å²) in [6, 6.07) is 1.83. The van der Waals surface area contributed by atoms with Crippen molar-refractivity contribution in [1.82, 2.24) is 9.55 Å². The molecule has 8 nitrogen and oxygen atoms in total. The number of allylic oxidation sites excluding steroid dienone is 1. The highest BCUT2D eigenvalue weighted by Gasteiger charge is 2.18. The minimum Gasteiger partial charge on any atom is -0.465 e. The van der Waals surface area contributed by atoms with E-state index in [1.165, 1.54) is 17.8 Å². The lowest BCUT2D eigenvalue weighted by atomic mass is 10.1. The molecular weight excluding hydrogens is 418 g/mol. The Bertz CT molecular complexity index is 1270. The molecule has 0 fully saturated rings. The zero-order valence-electron chi connectivity index (χ0n) is 17.8. The number of carbonyl (C=O) groups is 2. The lowest BCUT2D eigenvalue weighted by Gasteiger charge is -2.00. The van der Waals surface area contributed by atoms with Crippen LogP contribution in [0.1, 0.15) is 35.7 Å². The second-order valence-electron chi connectivity index (χ2n) is 6.38. The maximum absolute atomic E-state index is 12.7. The van der Waals surface area contributed by atoms with Crippen LogP contribution in [0.2, 0.25) is 0 Å². The average molecular weight is 444 g/mol. The van der Waals surface area contributed by atoms with Gasteiger partial charge in [0.05, 0.1) is 17.2 Å². The zero-order valence-corrected chi connectivity index (χ0v) is 18.6. The van der Waals surface area contributed by atoms with Crippen LogP contribution in [0.3, 0.4) is 0 Å². The predicted octanol–water partition coefficient (Wildman–Crippen LogP) is 1.80. The Balaban J connectivity index is 0.00000512. The van der Waals surface area contributed by atoms with Gasteiger partial charge in [-0.25, -0.2) is 9.59 Å². The Labute approximate surface area is 184 Å². The van der Waals surface area contributed by atoms with E-state index in [9.17, 15) is 19.6 Å². The van der Waals surface area contributed by atoms with Crippen LogP contribution in [-0.4, -0.2) is 35.2 Å². The predicted molar refractivity (Wildman–Crippen MR) is 121 cm³/mol.